The summed E-state index contributed by atoms with van der Waals surface area (Å²) in [5.74, 6) is -8.57. The van der Waals surface area contributed by atoms with Gasteiger partial charge < -0.3 is 10.6 Å². The van der Waals surface area contributed by atoms with E-state index in [4.69, 9.17) is 34.8 Å². The molecule has 1 aliphatic carbocycles. The van der Waals surface area contributed by atoms with Crippen LogP contribution in [0.1, 0.15) is 27.4 Å². The van der Waals surface area contributed by atoms with Crippen LogP contribution in [0.3, 0.4) is 0 Å². The van der Waals surface area contributed by atoms with Gasteiger partial charge >= 0.3 is 6.18 Å². The summed E-state index contributed by atoms with van der Waals surface area (Å²) in [5.41, 5.74) is -3.75. The first-order valence-corrected chi connectivity index (χ1v) is 15.8. The van der Waals surface area contributed by atoms with Gasteiger partial charge in [-0.3, -0.25) is 14.3 Å². The van der Waals surface area contributed by atoms with Crippen molar-refractivity contribution in [3.05, 3.63) is 118 Å². The number of nitrogens with one attached hydrogen (secondary N) is 3. The Morgan fingerprint density at radius 2 is 1.49 bits per heavy atom. The van der Waals surface area contributed by atoms with Gasteiger partial charge in [-0.25, -0.2) is 21.6 Å². The molecule has 0 spiro atoms. The van der Waals surface area contributed by atoms with Crippen molar-refractivity contribution in [3.63, 3.8) is 0 Å². The highest BCUT2D eigenvalue weighted by Crippen LogP contribution is 2.65. The normalized spacial score (nSPS) is 17.1. The molecule has 0 heterocycles. The first-order chi connectivity index (χ1) is 21.9. The van der Waals surface area contributed by atoms with Crippen LogP contribution in [-0.2, 0) is 21.0 Å². The minimum absolute atomic E-state index is 0.0506. The van der Waals surface area contributed by atoms with Gasteiger partial charge in [0.25, 0.3) is 15.9 Å². The van der Waals surface area contributed by atoms with E-state index in [0.29, 0.717) is 12.1 Å². The Bertz CT molecular complexity index is 2010. The summed E-state index contributed by atoms with van der Waals surface area (Å²) in [7, 11) is -4.41. The van der Waals surface area contributed by atoms with Gasteiger partial charge in [0.05, 0.1) is 32.7 Å². The summed E-state index contributed by atoms with van der Waals surface area (Å²) in [5, 5.41) is 4.42. The lowest BCUT2D eigenvalue weighted by atomic mass is 10.0. The molecule has 246 valence electrons. The van der Waals surface area contributed by atoms with Crippen molar-refractivity contribution in [2.45, 2.75) is 21.3 Å². The second-order valence-corrected chi connectivity index (χ2v) is 13.7. The molecule has 5 rings (SSSR count). The second kappa shape index (κ2) is 12.6. The second-order valence-electron chi connectivity index (χ2n) is 10.2. The largest absolute Gasteiger partial charge is 0.419 e. The molecule has 1 aliphatic rings. The number of alkyl halides is 5. The number of benzene rings is 4. The maximum Gasteiger partial charge on any atom is 0.419 e. The van der Waals surface area contributed by atoms with E-state index < -0.39 is 78.6 Å². The van der Waals surface area contributed by atoms with Gasteiger partial charge in [-0.1, -0.05) is 35.9 Å². The molecule has 0 bridgehead atoms. The lowest BCUT2D eigenvalue weighted by Crippen LogP contribution is -2.19. The van der Waals surface area contributed by atoms with Gasteiger partial charge in [0, 0.05) is 11.6 Å². The van der Waals surface area contributed by atoms with Crippen molar-refractivity contribution in [2.24, 2.45) is 5.92 Å². The number of carbonyl (C=O) groups is 2. The van der Waals surface area contributed by atoms with Crippen LogP contribution in [0, 0.1) is 23.4 Å². The Labute approximate surface area is 277 Å². The molecule has 0 aromatic heterocycles. The zero-order chi connectivity index (χ0) is 34.5. The molecule has 17 heteroatoms. The summed E-state index contributed by atoms with van der Waals surface area (Å²) in [6, 6.07) is 14.0. The van der Waals surface area contributed by atoms with Crippen LogP contribution in [0.5, 0.6) is 0 Å². The SMILES string of the molecule is O=C(Nc1ccc(F)c(NS(=O)(=O)c2ccccc2)c1F)c1cc(NC(=O)[C@H]2[C@H](c3ccc(F)c(C(F)(F)F)c3)C2(Cl)Cl)ccc1Cl. The molecule has 4 aromatic carbocycles. The van der Waals surface area contributed by atoms with E-state index in [0.717, 1.165) is 24.3 Å². The topological polar surface area (TPSA) is 104 Å². The summed E-state index contributed by atoms with van der Waals surface area (Å²) in [6.45, 7) is 0. The van der Waals surface area contributed by atoms with E-state index in [1.807, 2.05) is 4.72 Å². The van der Waals surface area contributed by atoms with Crippen LogP contribution in [-0.4, -0.2) is 24.6 Å². The molecule has 7 nitrogen and oxygen atoms in total. The average Bonchev–Trinajstić information content (AvgIpc) is 3.59. The van der Waals surface area contributed by atoms with Gasteiger partial charge in [0.15, 0.2) is 5.82 Å². The molecule has 2 amide bonds. The zero-order valence-electron chi connectivity index (χ0n) is 23.1. The fourth-order valence-corrected chi connectivity index (χ4v) is 6.86. The van der Waals surface area contributed by atoms with Crippen LogP contribution in [0.4, 0.5) is 43.4 Å². The van der Waals surface area contributed by atoms with Gasteiger partial charge in [0.1, 0.15) is 21.7 Å². The maximum atomic E-state index is 15.3. The first-order valence-electron chi connectivity index (χ1n) is 13.1. The molecule has 4 aromatic rings. The predicted molar refractivity (Wildman–Crippen MR) is 164 cm³/mol. The highest BCUT2D eigenvalue weighted by molar-refractivity contribution is 7.92. The number of amides is 2. The third-order valence-corrected chi connectivity index (χ3v) is 9.73. The lowest BCUT2D eigenvalue weighted by molar-refractivity contribution is -0.140. The molecule has 2 atom stereocenters. The summed E-state index contributed by atoms with van der Waals surface area (Å²) < 4.78 is 108. The van der Waals surface area contributed by atoms with E-state index in [-0.39, 0.29) is 26.7 Å². The molecule has 0 unspecified atom stereocenters. The lowest BCUT2D eigenvalue weighted by Gasteiger charge is -2.14. The number of anilines is 3. The Morgan fingerprint density at radius 3 is 2.15 bits per heavy atom. The molecule has 0 aliphatic heterocycles. The van der Waals surface area contributed by atoms with E-state index in [1.165, 1.54) is 42.5 Å². The van der Waals surface area contributed by atoms with Crippen LogP contribution in [0.25, 0.3) is 0 Å². The maximum absolute atomic E-state index is 15.3. The van der Waals surface area contributed by atoms with Crippen LogP contribution in [0.2, 0.25) is 5.02 Å². The molecule has 3 N–H and O–H groups in total. The first kappa shape index (κ1) is 34.4. The van der Waals surface area contributed by atoms with Crippen molar-refractivity contribution < 1.29 is 44.3 Å². The summed E-state index contributed by atoms with van der Waals surface area (Å²) >= 11 is 18.6. The molecule has 47 heavy (non-hydrogen) atoms. The third-order valence-electron chi connectivity index (χ3n) is 7.10. The fourth-order valence-electron chi connectivity index (χ4n) is 4.74. The Kier molecular flexibility index (Phi) is 9.18. The molecule has 1 fully saturated rings. The van der Waals surface area contributed by atoms with Crippen molar-refractivity contribution in [1.29, 1.82) is 0 Å². The Morgan fingerprint density at radius 1 is 0.830 bits per heavy atom. The minimum atomic E-state index is -5.01. The monoisotopic (exact) mass is 735 g/mol. The van der Waals surface area contributed by atoms with E-state index in [2.05, 4.69) is 10.6 Å². The number of hydrogen-bond acceptors (Lipinski definition) is 4. The Hall–Kier alpha value is -3.98. The quantitative estimate of drug-likeness (QED) is 0.125. The third kappa shape index (κ3) is 7.00. The van der Waals surface area contributed by atoms with E-state index >= 15 is 4.39 Å². The molecule has 0 saturated heterocycles. The van der Waals surface area contributed by atoms with Crippen molar-refractivity contribution in [3.8, 4) is 0 Å². The predicted octanol–water partition coefficient (Wildman–Crippen LogP) is 8.36. The van der Waals surface area contributed by atoms with Gasteiger partial charge in [-0.15, -0.1) is 23.2 Å². The number of carbonyl (C=O) groups excluding carboxylic acids is 2. The Balaban J connectivity index is 1.34. The number of halogens is 9. The van der Waals surface area contributed by atoms with Gasteiger partial charge in [-0.05, 0) is 60.2 Å². The highest BCUT2D eigenvalue weighted by atomic mass is 35.5. The average molecular weight is 737 g/mol. The highest BCUT2D eigenvalue weighted by Gasteiger charge is 2.67. The standard InChI is InChI=1S/C30H18Cl3F6N3O4S/c31-19-8-7-15(40-28(44)24-23(29(24,32)33)14-6-9-20(34)18(12-14)30(37,38)39)13-17(19)27(43)41-22-11-10-21(35)26(25(22)36)42-47(45,46)16-4-2-1-3-5-16/h1-13,23-24,42H,(H,40,44)(H,41,43)/t23-,24+/m0/s1. The zero-order valence-corrected chi connectivity index (χ0v) is 26.2. The molecule has 1 saturated carbocycles. The van der Waals surface area contributed by atoms with Crippen LogP contribution in [0.15, 0.2) is 83.8 Å². The summed E-state index contributed by atoms with van der Waals surface area (Å²) in [4.78, 5) is 25.9. The van der Waals surface area contributed by atoms with Gasteiger partial charge in [-0.2, -0.15) is 13.2 Å². The van der Waals surface area contributed by atoms with Crippen LogP contribution < -0.4 is 15.4 Å². The number of sulfonamides is 1. The summed E-state index contributed by atoms with van der Waals surface area (Å²) in [6.07, 6.45) is -5.01. The van der Waals surface area contributed by atoms with Gasteiger partial charge in [0.2, 0.25) is 5.91 Å². The number of hydrogen-bond donors (Lipinski definition) is 3. The smallest absolute Gasteiger partial charge is 0.326 e. The molecular weight excluding hydrogens is 719 g/mol. The van der Waals surface area contributed by atoms with E-state index in [9.17, 15) is 40.0 Å². The molecular formula is C30H18Cl3F6N3O4S. The van der Waals surface area contributed by atoms with Crippen LogP contribution >= 0.6 is 34.8 Å². The van der Waals surface area contributed by atoms with Crippen molar-refractivity contribution in [2.75, 3.05) is 15.4 Å². The fraction of sp³-hybridized carbons (Fsp3) is 0.133. The van der Waals surface area contributed by atoms with Crippen molar-refractivity contribution >= 4 is 73.7 Å². The molecule has 0 radical (unpaired) electrons. The van der Waals surface area contributed by atoms with Crippen molar-refractivity contribution in [1.82, 2.24) is 0 Å². The number of rotatable bonds is 8. The minimum Gasteiger partial charge on any atom is -0.326 e. The van der Waals surface area contributed by atoms with E-state index in [1.54, 1.807) is 0 Å².